The van der Waals surface area contributed by atoms with Gasteiger partial charge >= 0.3 is 0 Å². The second kappa shape index (κ2) is 6.87. The zero-order valence-corrected chi connectivity index (χ0v) is 13.6. The Labute approximate surface area is 135 Å². The molecule has 0 saturated carbocycles. The van der Waals surface area contributed by atoms with E-state index >= 15 is 0 Å². The van der Waals surface area contributed by atoms with Crippen LogP contribution in [0.4, 0.5) is 5.69 Å². The summed E-state index contributed by atoms with van der Waals surface area (Å²) in [7, 11) is 1.79. The molecule has 7 heteroatoms. The molecule has 23 heavy (non-hydrogen) atoms. The Kier molecular flexibility index (Phi) is 4.66. The van der Waals surface area contributed by atoms with Crippen molar-refractivity contribution in [3.05, 3.63) is 24.3 Å². The van der Waals surface area contributed by atoms with Crippen molar-refractivity contribution >= 4 is 11.6 Å². The van der Waals surface area contributed by atoms with Gasteiger partial charge in [0, 0.05) is 18.3 Å². The second-order valence-corrected chi connectivity index (χ2v) is 6.21. The van der Waals surface area contributed by atoms with Crippen molar-refractivity contribution in [2.45, 2.75) is 19.8 Å². The number of amides is 1. The molecular weight excluding hydrogens is 292 g/mol. The molecule has 0 atom stereocenters. The molecule has 1 aliphatic heterocycles. The van der Waals surface area contributed by atoms with Crippen molar-refractivity contribution in [1.29, 1.82) is 0 Å². The number of carbonyl (C=O) groups is 1. The quantitative estimate of drug-likeness (QED) is 0.926. The molecule has 1 aliphatic rings. The largest absolute Gasteiger partial charge is 0.325 e. The predicted octanol–water partition coefficient (Wildman–Crippen LogP) is 1.55. The molecule has 0 radical (unpaired) electrons. The molecule has 0 unspecified atom stereocenters. The highest BCUT2D eigenvalue weighted by atomic mass is 16.2. The lowest BCUT2D eigenvalue weighted by atomic mass is 9.99. The summed E-state index contributed by atoms with van der Waals surface area (Å²) in [4.78, 5) is 14.4. The van der Waals surface area contributed by atoms with Crippen molar-refractivity contribution in [2.75, 3.05) is 25.0 Å². The molecule has 0 aliphatic carbocycles. The summed E-state index contributed by atoms with van der Waals surface area (Å²) in [5.74, 6) is 1.46. The molecule has 0 spiro atoms. The van der Waals surface area contributed by atoms with Crippen molar-refractivity contribution in [3.63, 3.8) is 0 Å². The van der Waals surface area contributed by atoms with E-state index in [1.54, 1.807) is 11.7 Å². The van der Waals surface area contributed by atoms with Gasteiger partial charge in [0.05, 0.1) is 6.54 Å². The van der Waals surface area contributed by atoms with Gasteiger partial charge in [-0.15, -0.1) is 5.10 Å². The van der Waals surface area contributed by atoms with E-state index in [1.807, 2.05) is 24.3 Å². The molecule has 122 valence electrons. The summed E-state index contributed by atoms with van der Waals surface area (Å²) < 4.78 is 1.61. The van der Waals surface area contributed by atoms with Crippen LogP contribution in [0.1, 0.15) is 19.8 Å². The van der Waals surface area contributed by atoms with Gasteiger partial charge in [0.2, 0.25) is 5.91 Å². The standard InChI is InChI=1S/C16H22N6O/c1-12-6-8-22(9-7-12)11-15(23)17-14-5-3-4-13(10-14)16-18-19-20-21(16)2/h3-5,10,12H,6-9,11H2,1-2H3,(H,17,23). The maximum absolute atomic E-state index is 12.2. The van der Waals surface area contributed by atoms with E-state index in [2.05, 4.69) is 32.7 Å². The van der Waals surface area contributed by atoms with Gasteiger partial charge in [0.25, 0.3) is 0 Å². The summed E-state index contributed by atoms with van der Waals surface area (Å²) in [5.41, 5.74) is 1.64. The van der Waals surface area contributed by atoms with Crippen LogP contribution in [-0.4, -0.2) is 50.6 Å². The fraction of sp³-hybridized carbons (Fsp3) is 0.500. The van der Waals surface area contributed by atoms with E-state index < -0.39 is 0 Å². The number of hydrogen-bond acceptors (Lipinski definition) is 5. The normalized spacial score (nSPS) is 16.4. The topological polar surface area (TPSA) is 75.9 Å². The van der Waals surface area contributed by atoms with Crippen LogP contribution in [0.2, 0.25) is 0 Å². The van der Waals surface area contributed by atoms with Gasteiger partial charge in [-0.25, -0.2) is 4.68 Å². The first-order valence-electron chi connectivity index (χ1n) is 7.97. The summed E-state index contributed by atoms with van der Waals surface area (Å²) >= 11 is 0. The zero-order valence-electron chi connectivity index (χ0n) is 13.6. The number of aromatic nitrogens is 4. The molecule has 7 nitrogen and oxygen atoms in total. The summed E-state index contributed by atoms with van der Waals surface area (Å²) in [6.07, 6.45) is 2.34. The Bertz CT molecular complexity index is 675. The molecule has 1 N–H and O–H groups in total. The molecule has 1 saturated heterocycles. The van der Waals surface area contributed by atoms with E-state index in [0.29, 0.717) is 12.4 Å². The van der Waals surface area contributed by atoms with Crippen LogP contribution in [0.3, 0.4) is 0 Å². The van der Waals surface area contributed by atoms with Gasteiger partial charge < -0.3 is 5.32 Å². The minimum absolute atomic E-state index is 0.0211. The number of nitrogens with one attached hydrogen (secondary N) is 1. The molecule has 0 bridgehead atoms. The average molecular weight is 314 g/mol. The molecule has 1 fully saturated rings. The lowest BCUT2D eigenvalue weighted by molar-refractivity contribution is -0.117. The van der Waals surface area contributed by atoms with E-state index in [4.69, 9.17) is 0 Å². The fourth-order valence-electron chi connectivity index (χ4n) is 2.83. The fourth-order valence-corrected chi connectivity index (χ4v) is 2.83. The van der Waals surface area contributed by atoms with Crippen LogP contribution in [0.15, 0.2) is 24.3 Å². The van der Waals surface area contributed by atoms with Crippen molar-refractivity contribution in [3.8, 4) is 11.4 Å². The maximum atomic E-state index is 12.2. The number of aryl methyl sites for hydroxylation is 1. The highest BCUT2D eigenvalue weighted by Gasteiger charge is 2.18. The third-order valence-electron chi connectivity index (χ3n) is 4.27. The third kappa shape index (κ3) is 3.92. The second-order valence-electron chi connectivity index (χ2n) is 6.21. The number of rotatable bonds is 4. The first-order valence-corrected chi connectivity index (χ1v) is 7.97. The molecule has 3 rings (SSSR count). The van der Waals surface area contributed by atoms with Crippen LogP contribution in [-0.2, 0) is 11.8 Å². The molecule has 1 aromatic carbocycles. The van der Waals surface area contributed by atoms with E-state index in [0.717, 1.165) is 30.3 Å². The summed E-state index contributed by atoms with van der Waals surface area (Å²) in [6, 6.07) is 7.58. The number of piperidine rings is 1. The average Bonchev–Trinajstić information content (AvgIpc) is 2.96. The third-order valence-corrected chi connectivity index (χ3v) is 4.27. The van der Waals surface area contributed by atoms with E-state index in [-0.39, 0.29) is 5.91 Å². The molecule has 1 amide bonds. The van der Waals surface area contributed by atoms with Crippen LogP contribution in [0.5, 0.6) is 0 Å². The van der Waals surface area contributed by atoms with Crippen molar-refractivity contribution in [1.82, 2.24) is 25.1 Å². The Morgan fingerprint density at radius 3 is 2.83 bits per heavy atom. The molecule has 1 aromatic heterocycles. The van der Waals surface area contributed by atoms with Crippen molar-refractivity contribution < 1.29 is 4.79 Å². The Balaban J connectivity index is 1.62. The summed E-state index contributed by atoms with van der Waals surface area (Å²) in [5, 5.41) is 14.4. The SMILES string of the molecule is CC1CCN(CC(=O)Nc2cccc(-c3nnnn3C)c2)CC1. The molecule has 2 aromatic rings. The van der Waals surface area contributed by atoms with Crippen LogP contribution >= 0.6 is 0 Å². The van der Waals surface area contributed by atoms with Gasteiger partial charge in [-0.2, -0.15) is 0 Å². The lowest BCUT2D eigenvalue weighted by Crippen LogP contribution is -2.38. The van der Waals surface area contributed by atoms with Gasteiger partial charge in [-0.05, 0) is 54.4 Å². The number of benzene rings is 1. The summed E-state index contributed by atoms with van der Waals surface area (Å²) in [6.45, 7) is 4.71. The monoisotopic (exact) mass is 314 g/mol. The molecule has 2 heterocycles. The first kappa shape index (κ1) is 15.6. The minimum Gasteiger partial charge on any atom is -0.325 e. The highest BCUT2D eigenvalue weighted by Crippen LogP contribution is 2.20. The van der Waals surface area contributed by atoms with E-state index in [9.17, 15) is 4.79 Å². The van der Waals surface area contributed by atoms with Gasteiger partial charge in [0.1, 0.15) is 0 Å². The van der Waals surface area contributed by atoms with Gasteiger partial charge in [-0.3, -0.25) is 9.69 Å². The van der Waals surface area contributed by atoms with Gasteiger partial charge in [0.15, 0.2) is 5.82 Å². The number of hydrogen-bond donors (Lipinski definition) is 1. The predicted molar refractivity (Wildman–Crippen MR) is 87.7 cm³/mol. The van der Waals surface area contributed by atoms with Crippen LogP contribution < -0.4 is 5.32 Å². The minimum atomic E-state index is 0.0211. The number of tetrazole rings is 1. The number of carbonyl (C=O) groups excluding carboxylic acids is 1. The first-order chi connectivity index (χ1) is 11.1. The highest BCUT2D eigenvalue weighted by molar-refractivity contribution is 5.92. The molecular formula is C16H22N6O. The Morgan fingerprint density at radius 1 is 1.35 bits per heavy atom. The van der Waals surface area contributed by atoms with Gasteiger partial charge in [-0.1, -0.05) is 19.1 Å². The van der Waals surface area contributed by atoms with Crippen LogP contribution in [0, 0.1) is 5.92 Å². The van der Waals surface area contributed by atoms with E-state index in [1.165, 1.54) is 12.8 Å². The maximum Gasteiger partial charge on any atom is 0.238 e. The zero-order chi connectivity index (χ0) is 16.2. The number of nitrogens with zero attached hydrogens (tertiary/aromatic N) is 5. The van der Waals surface area contributed by atoms with Crippen molar-refractivity contribution in [2.24, 2.45) is 13.0 Å². The smallest absolute Gasteiger partial charge is 0.238 e. The number of likely N-dealkylation sites (tertiary alicyclic amines) is 1. The lowest BCUT2D eigenvalue weighted by Gasteiger charge is -2.29. The Hall–Kier alpha value is -2.28. The number of anilines is 1. The van der Waals surface area contributed by atoms with Crippen LogP contribution in [0.25, 0.3) is 11.4 Å². The Morgan fingerprint density at radius 2 is 2.13 bits per heavy atom.